The van der Waals surface area contributed by atoms with Crippen molar-refractivity contribution < 1.29 is 22.7 Å². The van der Waals surface area contributed by atoms with Crippen LogP contribution < -0.4 is 10.6 Å². The summed E-state index contributed by atoms with van der Waals surface area (Å²) in [6, 6.07) is -0.607. The van der Waals surface area contributed by atoms with Crippen molar-refractivity contribution in [2.45, 2.75) is 12.6 Å². The zero-order valence-electron chi connectivity index (χ0n) is 12.2. The number of halogens is 3. The number of aromatic nitrogens is 2. The highest BCUT2D eigenvalue weighted by Gasteiger charge is 2.35. The molecule has 0 spiro atoms. The number of methoxy groups -OCH3 is 1. The molecule has 0 radical (unpaired) electrons. The molecule has 2 amide bonds. The molecule has 7 nitrogen and oxygen atoms in total. The number of alkyl halides is 3. The number of carbonyl (C=O) groups excluding carboxylic acids is 1. The van der Waals surface area contributed by atoms with Crippen LogP contribution in [0.1, 0.15) is 11.4 Å². The lowest BCUT2D eigenvalue weighted by atomic mass is 10.4. The van der Waals surface area contributed by atoms with Gasteiger partial charge in [-0.15, -0.1) is 10.2 Å². The minimum absolute atomic E-state index is 0.193. The first-order chi connectivity index (χ1) is 10.3. The van der Waals surface area contributed by atoms with Crippen molar-refractivity contribution in [2.75, 3.05) is 45.7 Å². The van der Waals surface area contributed by atoms with Crippen molar-refractivity contribution in [1.82, 2.24) is 20.4 Å². The summed E-state index contributed by atoms with van der Waals surface area (Å²) in [5.41, 5.74) is 0. The van der Waals surface area contributed by atoms with Crippen LogP contribution in [-0.4, -0.2) is 61.5 Å². The lowest BCUT2D eigenvalue weighted by Crippen LogP contribution is -2.32. The first-order valence-corrected chi connectivity index (χ1v) is 7.27. The normalized spacial score (nSPS) is 11.7. The summed E-state index contributed by atoms with van der Waals surface area (Å²) in [7, 11) is 3.55. The van der Waals surface area contributed by atoms with Gasteiger partial charge in [-0.1, -0.05) is 11.3 Å². The number of nitrogens with zero attached hydrogens (tertiary/aromatic N) is 3. The minimum atomic E-state index is -4.55. The smallest absolute Gasteiger partial charge is 0.383 e. The topological polar surface area (TPSA) is 79.4 Å². The van der Waals surface area contributed by atoms with E-state index in [1.165, 1.54) is 0 Å². The van der Waals surface area contributed by atoms with Crippen LogP contribution in [-0.2, 0) is 10.9 Å². The molecule has 1 aromatic heterocycles. The molecule has 0 bridgehead atoms. The molecule has 0 unspecified atom stereocenters. The van der Waals surface area contributed by atoms with Crippen molar-refractivity contribution in [2.24, 2.45) is 0 Å². The summed E-state index contributed by atoms with van der Waals surface area (Å²) in [6.45, 7) is 2.57. The quantitative estimate of drug-likeness (QED) is 0.703. The van der Waals surface area contributed by atoms with Crippen molar-refractivity contribution in [3.8, 4) is 0 Å². The van der Waals surface area contributed by atoms with Crippen molar-refractivity contribution >= 4 is 22.5 Å². The van der Waals surface area contributed by atoms with Crippen LogP contribution in [0.4, 0.5) is 23.1 Å². The maximum atomic E-state index is 12.3. The Morgan fingerprint density at radius 2 is 2.09 bits per heavy atom. The maximum Gasteiger partial charge on any atom is 0.445 e. The van der Waals surface area contributed by atoms with E-state index in [0.717, 1.165) is 13.1 Å². The van der Waals surface area contributed by atoms with Gasteiger partial charge in [0.15, 0.2) is 0 Å². The van der Waals surface area contributed by atoms with E-state index in [2.05, 4.69) is 20.8 Å². The average molecular weight is 341 g/mol. The summed E-state index contributed by atoms with van der Waals surface area (Å²) in [5, 5.41) is 9.71. The van der Waals surface area contributed by atoms with Gasteiger partial charge in [-0.05, 0) is 20.0 Å². The molecule has 2 N–H and O–H groups in total. The van der Waals surface area contributed by atoms with E-state index in [0.29, 0.717) is 19.6 Å². The first-order valence-electron chi connectivity index (χ1n) is 6.46. The molecule has 1 heterocycles. The number of carbonyl (C=O) groups is 1. The molecule has 0 fully saturated rings. The van der Waals surface area contributed by atoms with Crippen LogP contribution in [0.5, 0.6) is 0 Å². The number of rotatable bonds is 8. The van der Waals surface area contributed by atoms with Crippen LogP contribution >= 0.6 is 11.3 Å². The fourth-order valence-corrected chi connectivity index (χ4v) is 2.05. The number of urea groups is 1. The van der Waals surface area contributed by atoms with Gasteiger partial charge in [0.2, 0.25) is 10.1 Å². The average Bonchev–Trinajstić information content (AvgIpc) is 2.89. The molecule has 11 heteroatoms. The van der Waals surface area contributed by atoms with Gasteiger partial charge in [-0.25, -0.2) is 4.79 Å². The van der Waals surface area contributed by atoms with Crippen molar-refractivity contribution in [3.05, 3.63) is 5.01 Å². The molecule has 0 aliphatic rings. The highest BCUT2D eigenvalue weighted by Crippen LogP contribution is 2.32. The highest BCUT2D eigenvalue weighted by molar-refractivity contribution is 7.15. The van der Waals surface area contributed by atoms with E-state index in [4.69, 9.17) is 4.74 Å². The minimum Gasteiger partial charge on any atom is -0.383 e. The van der Waals surface area contributed by atoms with Gasteiger partial charge in [0.05, 0.1) is 6.61 Å². The van der Waals surface area contributed by atoms with Crippen molar-refractivity contribution in [1.29, 1.82) is 0 Å². The number of likely N-dealkylation sites (N-methyl/N-ethyl adjacent to an activating group) is 1. The fraction of sp³-hybridized carbons (Fsp3) is 0.727. The Morgan fingerprint density at radius 3 is 2.68 bits per heavy atom. The molecule has 1 rings (SSSR count). The molecule has 22 heavy (non-hydrogen) atoms. The van der Waals surface area contributed by atoms with Gasteiger partial charge >= 0.3 is 12.2 Å². The summed E-state index contributed by atoms with van der Waals surface area (Å²) in [6.07, 6.45) is -3.85. The zero-order chi connectivity index (χ0) is 16.6. The van der Waals surface area contributed by atoms with Gasteiger partial charge < -0.3 is 15.0 Å². The monoisotopic (exact) mass is 341 g/mol. The van der Waals surface area contributed by atoms with Gasteiger partial charge in [-0.3, -0.25) is 5.32 Å². The predicted molar refractivity (Wildman–Crippen MR) is 75.9 cm³/mol. The van der Waals surface area contributed by atoms with Crippen LogP contribution in [0.15, 0.2) is 0 Å². The van der Waals surface area contributed by atoms with E-state index < -0.39 is 17.2 Å². The van der Waals surface area contributed by atoms with Gasteiger partial charge in [0.1, 0.15) is 0 Å². The van der Waals surface area contributed by atoms with E-state index >= 15 is 0 Å². The number of nitrogens with one attached hydrogen (secondary N) is 2. The largest absolute Gasteiger partial charge is 0.445 e. The molecule has 0 saturated carbocycles. The Bertz CT molecular complexity index is 469. The lowest BCUT2D eigenvalue weighted by Gasteiger charge is -2.15. The molecule has 0 aliphatic carbocycles. The van der Waals surface area contributed by atoms with Crippen LogP contribution in [0.2, 0.25) is 0 Å². The Hall–Kier alpha value is -1.46. The molecule has 0 aromatic carbocycles. The van der Waals surface area contributed by atoms with Crippen LogP contribution in [0.25, 0.3) is 0 Å². The molecule has 0 atom stereocenters. The predicted octanol–water partition coefficient (Wildman–Crippen LogP) is 1.65. The van der Waals surface area contributed by atoms with Crippen LogP contribution in [0, 0.1) is 0 Å². The maximum absolute atomic E-state index is 12.3. The molecule has 0 saturated heterocycles. The third kappa shape index (κ3) is 7.00. The zero-order valence-corrected chi connectivity index (χ0v) is 13.1. The Labute approximate surface area is 129 Å². The Balaban J connectivity index is 2.22. The number of anilines is 1. The molecule has 0 aliphatic heterocycles. The number of amides is 2. The highest BCUT2D eigenvalue weighted by atomic mass is 32.1. The van der Waals surface area contributed by atoms with Crippen molar-refractivity contribution in [3.63, 3.8) is 0 Å². The second kappa shape index (κ2) is 8.86. The summed E-state index contributed by atoms with van der Waals surface area (Å²) < 4.78 is 41.9. The number of hydrogen-bond donors (Lipinski definition) is 2. The molecular weight excluding hydrogens is 323 g/mol. The van der Waals surface area contributed by atoms with E-state index in [-0.39, 0.29) is 16.5 Å². The lowest BCUT2D eigenvalue weighted by molar-refractivity contribution is -0.138. The van der Waals surface area contributed by atoms with E-state index in [9.17, 15) is 18.0 Å². The Kier molecular flexibility index (Phi) is 7.48. The summed E-state index contributed by atoms with van der Waals surface area (Å²) >= 11 is 0.280. The SMILES string of the molecule is COCCN(C)CCCNC(=O)Nc1nnc(C(F)(F)F)s1. The molecule has 126 valence electrons. The third-order valence-electron chi connectivity index (χ3n) is 2.57. The van der Waals surface area contributed by atoms with Gasteiger partial charge in [-0.2, -0.15) is 13.2 Å². The summed E-state index contributed by atoms with van der Waals surface area (Å²) in [5.74, 6) is 0. The van der Waals surface area contributed by atoms with Crippen LogP contribution in [0.3, 0.4) is 0 Å². The molecular formula is C11H18F3N5O2S. The number of hydrogen-bond acceptors (Lipinski definition) is 6. The van der Waals surface area contributed by atoms with E-state index in [1.54, 1.807) is 7.11 Å². The second-order valence-corrected chi connectivity index (χ2v) is 5.42. The summed E-state index contributed by atoms with van der Waals surface area (Å²) in [4.78, 5) is 13.5. The van der Waals surface area contributed by atoms with E-state index in [1.807, 2.05) is 11.9 Å². The fourth-order valence-electron chi connectivity index (χ4n) is 1.44. The Morgan fingerprint density at radius 1 is 1.36 bits per heavy atom. The second-order valence-electron chi connectivity index (χ2n) is 4.44. The van der Waals surface area contributed by atoms with Gasteiger partial charge in [0.25, 0.3) is 0 Å². The standard InChI is InChI=1S/C11H18F3N5O2S/c1-19(6-7-21-2)5-3-4-15-9(20)16-10-18-17-8(22-10)11(12,13)14/h3-7H2,1-2H3,(H2,15,16,18,20). The number of ether oxygens (including phenoxy) is 1. The third-order valence-corrected chi connectivity index (χ3v) is 3.45. The molecule has 1 aromatic rings. The van der Waals surface area contributed by atoms with Gasteiger partial charge in [0, 0.05) is 20.2 Å². The first kappa shape index (κ1) is 18.6.